The maximum absolute atomic E-state index is 12.2. The first kappa shape index (κ1) is 17.4. The Morgan fingerprint density at radius 2 is 2.22 bits per heavy atom. The fourth-order valence-corrected chi connectivity index (χ4v) is 2.66. The molecule has 0 fully saturated rings. The van der Waals surface area contributed by atoms with E-state index < -0.39 is 5.54 Å². The number of aryl methyl sites for hydroxylation is 1. The van der Waals surface area contributed by atoms with E-state index in [0.29, 0.717) is 13.0 Å². The highest BCUT2D eigenvalue weighted by Crippen LogP contribution is 2.17. The predicted molar refractivity (Wildman–Crippen MR) is 78.1 cm³/mol. The highest BCUT2D eigenvalue weighted by atomic mass is 35.5. The molecule has 2 N–H and O–H groups in total. The van der Waals surface area contributed by atoms with E-state index in [9.17, 15) is 4.79 Å². The molecule has 1 rings (SSSR count). The Bertz CT molecular complexity index is 392. The van der Waals surface area contributed by atoms with Gasteiger partial charge in [-0.15, -0.1) is 23.7 Å². The lowest BCUT2D eigenvalue weighted by Gasteiger charge is -2.28. The molecule has 1 aromatic heterocycles. The molecule has 0 bridgehead atoms. The number of likely N-dealkylation sites (N-methyl/N-ethyl adjacent to an activating group) is 1. The fourth-order valence-electron chi connectivity index (χ4n) is 1.83. The van der Waals surface area contributed by atoms with Crippen LogP contribution in [0.25, 0.3) is 0 Å². The summed E-state index contributed by atoms with van der Waals surface area (Å²) in [5.41, 5.74) is 8.07. The van der Waals surface area contributed by atoms with Gasteiger partial charge < -0.3 is 10.6 Å². The van der Waals surface area contributed by atoms with E-state index in [0.717, 1.165) is 17.0 Å². The number of aromatic nitrogens is 1. The van der Waals surface area contributed by atoms with Crippen molar-refractivity contribution in [1.82, 2.24) is 9.88 Å². The summed E-state index contributed by atoms with van der Waals surface area (Å²) in [6.45, 7) is 6.38. The van der Waals surface area contributed by atoms with Gasteiger partial charge in [0.05, 0.1) is 23.3 Å². The minimum Gasteiger partial charge on any atom is -0.339 e. The number of rotatable bonds is 5. The van der Waals surface area contributed by atoms with Gasteiger partial charge >= 0.3 is 0 Å². The number of hydrogen-bond donors (Lipinski definition) is 1. The van der Waals surface area contributed by atoms with Gasteiger partial charge in [-0.25, -0.2) is 4.98 Å². The average molecular weight is 292 g/mol. The van der Waals surface area contributed by atoms with Gasteiger partial charge in [0.2, 0.25) is 5.91 Å². The van der Waals surface area contributed by atoms with Crippen molar-refractivity contribution in [3.8, 4) is 0 Å². The summed E-state index contributed by atoms with van der Waals surface area (Å²) in [4.78, 5) is 19.2. The SMILES string of the molecule is CCCC(C)(N)C(=O)N(C)Cc1scnc1C.Cl. The molecule has 0 aliphatic heterocycles. The number of carbonyl (C=O) groups is 1. The number of thiazole rings is 1. The second-order valence-electron chi connectivity index (χ2n) is 4.69. The van der Waals surface area contributed by atoms with Gasteiger partial charge in [0.15, 0.2) is 0 Å². The van der Waals surface area contributed by atoms with Crippen LogP contribution in [0.2, 0.25) is 0 Å². The average Bonchev–Trinajstić information content (AvgIpc) is 2.63. The number of halogens is 1. The summed E-state index contributed by atoms with van der Waals surface area (Å²) in [6, 6.07) is 0. The largest absolute Gasteiger partial charge is 0.339 e. The Hall–Kier alpha value is -0.650. The zero-order valence-corrected chi connectivity index (χ0v) is 13.0. The van der Waals surface area contributed by atoms with Crippen molar-refractivity contribution in [3.05, 3.63) is 16.1 Å². The smallest absolute Gasteiger partial charge is 0.242 e. The van der Waals surface area contributed by atoms with Gasteiger partial charge in [0.25, 0.3) is 0 Å². The zero-order chi connectivity index (χ0) is 13.1. The molecule has 0 saturated carbocycles. The minimum atomic E-state index is -0.762. The molecule has 4 nitrogen and oxygen atoms in total. The Kier molecular flexibility index (Phi) is 6.81. The van der Waals surface area contributed by atoms with E-state index >= 15 is 0 Å². The fraction of sp³-hybridized carbons (Fsp3) is 0.667. The van der Waals surface area contributed by atoms with Crippen molar-refractivity contribution in [2.24, 2.45) is 5.73 Å². The van der Waals surface area contributed by atoms with E-state index in [4.69, 9.17) is 5.73 Å². The molecule has 0 radical (unpaired) electrons. The molecule has 104 valence electrons. The van der Waals surface area contributed by atoms with Crippen LogP contribution in [-0.4, -0.2) is 28.4 Å². The zero-order valence-electron chi connectivity index (χ0n) is 11.4. The van der Waals surface area contributed by atoms with Crippen molar-refractivity contribution in [2.75, 3.05) is 7.05 Å². The summed E-state index contributed by atoms with van der Waals surface area (Å²) in [7, 11) is 1.79. The van der Waals surface area contributed by atoms with Crippen LogP contribution in [0.15, 0.2) is 5.51 Å². The van der Waals surface area contributed by atoms with Crippen LogP contribution in [0, 0.1) is 6.92 Å². The lowest BCUT2D eigenvalue weighted by atomic mass is 9.96. The monoisotopic (exact) mass is 291 g/mol. The molecule has 0 aliphatic rings. The second kappa shape index (κ2) is 7.07. The van der Waals surface area contributed by atoms with Crippen LogP contribution in [-0.2, 0) is 11.3 Å². The standard InChI is InChI=1S/C12H21N3OS.ClH/c1-5-6-12(3,13)11(16)15(4)7-10-9(2)14-8-17-10;/h8H,5-7,13H2,1-4H3;1H. The first-order chi connectivity index (χ1) is 7.88. The van der Waals surface area contributed by atoms with Gasteiger partial charge in [-0.05, 0) is 20.3 Å². The highest BCUT2D eigenvalue weighted by Gasteiger charge is 2.30. The van der Waals surface area contributed by atoms with E-state index in [1.807, 2.05) is 13.8 Å². The van der Waals surface area contributed by atoms with Crippen molar-refractivity contribution in [2.45, 2.75) is 45.7 Å². The summed E-state index contributed by atoms with van der Waals surface area (Å²) in [5, 5.41) is 0. The van der Waals surface area contributed by atoms with Crippen LogP contribution < -0.4 is 5.73 Å². The Balaban J connectivity index is 0.00000289. The predicted octanol–water partition coefficient (Wildman–Crippen LogP) is 2.35. The van der Waals surface area contributed by atoms with Gasteiger partial charge in [-0.1, -0.05) is 13.3 Å². The van der Waals surface area contributed by atoms with Crippen LogP contribution >= 0.6 is 23.7 Å². The quantitative estimate of drug-likeness (QED) is 0.906. The van der Waals surface area contributed by atoms with Gasteiger partial charge in [-0.2, -0.15) is 0 Å². The van der Waals surface area contributed by atoms with Crippen LogP contribution in [0.4, 0.5) is 0 Å². The summed E-state index contributed by atoms with van der Waals surface area (Å²) in [5.74, 6) is -0.00727. The van der Waals surface area contributed by atoms with Crippen molar-refractivity contribution < 1.29 is 4.79 Å². The summed E-state index contributed by atoms with van der Waals surface area (Å²) >= 11 is 1.57. The molecule has 1 heterocycles. The maximum atomic E-state index is 12.2. The lowest BCUT2D eigenvalue weighted by Crippen LogP contribution is -2.51. The summed E-state index contributed by atoms with van der Waals surface area (Å²) in [6.07, 6.45) is 1.62. The van der Waals surface area contributed by atoms with Gasteiger partial charge in [-0.3, -0.25) is 4.79 Å². The van der Waals surface area contributed by atoms with Gasteiger partial charge in [0.1, 0.15) is 0 Å². The first-order valence-corrected chi connectivity index (χ1v) is 6.70. The normalized spacial score (nSPS) is 13.6. The van der Waals surface area contributed by atoms with Crippen molar-refractivity contribution in [1.29, 1.82) is 0 Å². The third-order valence-corrected chi connectivity index (χ3v) is 3.75. The van der Waals surface area contributed by atoms with E-state index in [2.05, 4.69) is 4.98 Å². The molecule has 1 unspecified atom stereocenters. The molecular formula is C12H22ClN3OS. The molecule has 0 aromatic carbocycles. The second-order valence-corrected chi connectivity index (χ2v) is 5.63. The Morgan fingerprint density at radius 1 is 1.61 bits per heavy atom. The van der Waals surface area contributed by atoms with E-state index in [1.165, 1.54) is 0 Å². The van der Waals surface area contributed by atoms with E-state index in [1.54, 1.807) is 35.7 Å². The third kappa shape index (κ3) is 4.23. The number of amides is 1. The summed E-state index contributed by atoms with van der Waals surface area (Å²) < 4.78 is 0. The number of hydrogen-bond acceptors (Lipinski definition) is 4. The number of carbonyl (C=O) groups excluding carboxylic acids is 1. The van der Waals surface area contributed by atoms with Crippen LogP contribution in [0.5, 0.6) is 0 Å². The van der Waals surface area contributed by atoms with Crippen molar-refractivity contribution in [3.63, 3.8) is 0 Å². The molecule has 1 atom stereocenters. The Labute approximate surface area is 119 Å². The molecule has 6 heteroatoms. The number of nitrogens with zero attached hydrogens (tertiary/aromatic N) is 2. The topological polar surface area (TPSA) is 59.2 Å². The maximum Gasteiger partial charge on any atom is 0.242 e. The van der Waals surface area contributed by atoms with Crippen molar-refractivity contribution >= 4 is 29.7 Å². The molecule has 18 heavy (non-hydrogen) atoms. The molecule has 1 aromatic rings. The van der Waals surface area contributed by atoms with E-state index in [-0.39, 0.29) is 18.3 Å². The minimum absolute atomic E-state index is 0. The van der Waals surface area contributed by atoms with Gasteiger partial charge in [0, 0.05) is 11.9 Å². The molecular weight excluding hydrogens is 270 g/mol. The molecule has 0 saturated heterocycles. The number of nitrogens with two attached hydrogens (primary N) is 1. The van der Waals surface area contributed by atoms with Crippen LogP contribution in [0.1, 0.15) is 37.3 Å². The highest BCUT2D eigenvalue weighted by molar-refractivity contribution is 7.09. The first-order valence-electron chi connectivity index (χ1n) is 5.82. The van der Waals surface area contributed by atoms with Crippen LogP contribution in [0.3, 0.4) is 0 Å². The Morgan fingerprint density at radius 3 is 2.67 bits per heavy atom. The third-order valence-electron chi connectivity index (χ3n) is 2.83. The molecule has 0 spiro atoms. The molecule has 0 aliphatic carbocycles. The molecule has 1 amide bonds. The lowest BCUT2D eigenvalue weighted by molar-refractivity contribution is -0.135.